The molecule has 82 valence electrons. The molecule has 0 aliphatic rings. The smallest absolute Gasteiger partial charge is 0.224 e. The number of amides is 1. The molecule has 0 spiro atoms. The summed E-state index contributed by atoms with van der Waals surface area (Å²) < 4.78 is 0. The summed E-state index contributed by atoms with van der Waals surface area (Å²) in [6.07, 6.45) is 0.116. The largest absolute Gasteiger partial charge is 0.392 e. The van der Waals surface area contributed by atoms with Crippen LogP contribution in [0, 0.1) is 0 Å². The first-order valence-corrected chi connectivity index (χ1v) is 5.01. The number of carbonyl (C=O) groups is 1. The first-order chi connectivity index (χ1) is 7.09. The lowest BCUT2D eigenvalue weighted by atomic mass is 10.1. The molecule has 0 unspecified atom stereocenters. The second-order valence-electron chi connectivity index (χ2n) is 3.84. The number of carbonyl (C=O) groups excluding carboxylic acids is 1. The lowest BCUT2D eigenvalue weighted by Crippen LogP contribution is -2.27. The highest BCUT2D eigenvalue weighted by molar-refractivity contribution is 5.76. The van der Waals surface area contributed by atoms with Crippen LogP contribution in [0.15, 0.2) is 30.3 Å². The molecule has 0 aliphatic carbocycles. The summed E-state index contributed by atoms with van der Waals surface area (Å²) in [5.41, 5.74) is 1.05. The molecule has 0 aliphatic heterocycles. The Bertz CT molecular complexity index is 309. The fourth-order valence-corrected chi connectivity index (χ4v) is 1.34. The molecule has 0 fully saturated rings. The quantitative estimate of drug-likeness (QED) is 0.802. The van der Waals surface area contributed by atoms with Crippen LogP contribution >= 0.6 is 0 Å². The zero-order valence-electron chi connectivity index (χ0n) is 9.18. The summed E-state index contributed by atoms with van der Waals surface area (Å²) in [4.78, 5) is 12.8. The van der Waals surface area contributed by atoms with Crippen molar-refractivity contribution in [1.29, 1.82) is 0 Å². The Morgan fingerprint density at radius 3 is 2.47 bits per heavy atom. The molecule has 1 amide bonds. The third kappa shape index (κ3) is 4.13. The van der Waals surface area contributed by atoms with Crippen molar-refractivity contribution in [1.82, 2.24) is 4.90 Å². The standard InChI is InChI=1S/C12H17NO2/c1-13(2)12(15)9-11(14)8-10-6-4-3-5-7-10/h3-7,11,14H,8-9H2,1-2H3/t11-/m1/s1. The Labute approximate surface area is 90.3 Å². The molecule has 1 aromatic carbocycles. The second-order valence-corrected chi connectivity index (χ2v) is 3.84. The SMILES string of the molecule is CN(C)C(=O)C[C@H](O)Cc1ccccc1. The van der Waals surface area contributed by atoms with Crippen LogP contribution in [-0.2, 0) is 11.2 Å². The third-order valence-electron chi connectivity index (χ3n) is 2.22. The van der Waals surface area contributed by atoms with Gasteiger partial charge in [0.2, 0.25) is 5.91 Å². The van der Waals surface area contributed by atoms with Crippen LogP contribution in [0.3, 0.4) is 0 Å². The molecule has 1 rings (SSSR count). The summed E-state index contributed by atoms with van der Waals surface area (Å²) in [5.74, 6) is -0.0431. The van der Waals surface area contributed by atoms with Gasteiger partial charge in [0.1, 0.15) is 0 Å². The molecule has 1 atom stereocenters. The molecule has 0 aromatic heterocycles. The zero-order chi connectivity index (χ0) is 11.3. The number of hydrogen-bond acceptors (Lipinski definition) is 2. The van der Waals surface area contributed by atoms with Gasteiger partial charge in [0.15, 0.2) is 0 Å². The van der Waals surface area contributed by atoms with E-state index in [1.54, 1.807) is 14.1 Å². The van der Waals surface area contributed by atoms with E-state index < -0.39 is 6.10 Å². The second kappa shape index (κ2) is 5.51. The Morgan fingerprint density at radius 1 is 1.33 bits per heavy atom. The van der Waals surface area contributed by atoms with Gasteiger partial charge in [0.05, 0.1) is 12.5 Å². The molecule has 0 saturated heterocycles. The average molecular weight is 207 g/mol. The van der Waals surface area contributed by atoms with Gasteiger partial charge < -0.3 is 10.0 Å². The van der Waals surface area contributed by atoms with Gasteiger partial charge in [-0.25, -0.2) is 0 Å². The number of benzene rings is 1. The van der Waals surface area contributed by atoms with Crippen LogP contribution < -0.4 is 0 Å². The van der Waals surface area contributed by atoms with E-state index in [-0.39, 0.29) is 12.3 Å². The van der Waals surface area contributed by atoms with Crippen molar-refractivity contribution in [2.75, 3.05) is 14.1 Å². The van der Waals surface area contributed by atoms with Crippen molar-refractivity contribution in [2.24, 2.45) is 0 Å². The minimum absolute atomic E-state index is 0.0431. The van der Waals surface area contributed by atoms with Crippen LogP contribution in [0.2, 0.25) is 0 Å². The normalized spacial score (nSPS) is 12.2. The van der Waals surface area contributed by atoms with E-state index in [1.165, 1.54) is 4.90 Å². The van der Waals surface area contributed by atoms with Crippen molar-refractivity contribution in [3.8, 4) is 0 Å². The van der Waals surface area contributed by atoms with Crippen molar-refractivity contribution < 1.29 is 9.90 Å². The maximum atomic E-state index is 11.3. The topological polar surface area (TPSA) is 40.5 Å². The van der Waals surface area contributed by atoms with Gasteiger partial charge in [-0.15, -0.1) is 0 Å². The van der Waals surface area contributed by atoms with Crippen molar-refractivity contribution in [3.63, 3.8) is 0 Å². The fourth-order valence-electron chi connectivity index (χ4n) is 1.34. The molecule has 3 nitrogen and oxygen atoms in total. The predicted molar refractivity (Wildman–Crippen MR) is 59.5 cm³/mol. The molecule has 0 heterocycles. The van der Waals surface area contributed by atoms with Crippen molar-refractivity contribution in [2.45, 2.75) is 18.9 Å². The van der Waals surface area contributed by atoms with E-state index in [0.717, 1.165) is 5.56 Å². The van der Waals surface area contributed by atoms with Gasteiger partial charge in [0, 0.05) is 14.1 Å². The highest BCUT2D eigenvalue weighted by Gasteiger charge is 2.12. The summed E-state index contributed by atoms with van der Waals surface area (Å²) in [6.45, 7) is 0. The Balaban J connectivity index is 2.43. The maximum Gasteiger partial charge on any atom is 0.224 e. The number of hydrogen-bond donors (Lipinski definition) is 1. The van der Waals surface area contributed by atoms with E-state index in [9.17, 15) is 9.90 Å². The van der Waals surface area contributed by atoms with Gasteiger partial charge in [0.25, 0.3) is 0 Å². The van der Waals surface area contributed by atoms with Gasteiger partial charge in [-0.2, -0.15) is 0 Å². The van der Waals surface area contributed by atoms with Gasteiger partial charge in [-0.05, 0) is 12.0 Å². The Kier molecular flexibility index (Phi) is 4.31. The monoisotopic (exact) mass is 207 g/mol. The van der Waals surface area contributed by atoms with Crippen molar-refractivity contribution >= 4 is 5.91 Å². The van der Waals surface area contributed by atoms with Gasteiger partial charge >= 0.3 is 0 Å². The summed E-state index contributed by atoms with van der Waals surface area (Å²) in [6, 6.07) is 9.68. The Morgan fingerprint density at radius 2 is 1.93 bits per heavy atom. The molecule has 0 radical (unpaired) electrons. The molecule has 1 aromatic rings. The van der Waals surface area contributed by atoms with Crippen LogP contribution in [0.4, 0.5) is 0 Å². The molecule has 0 saturated carbocycles. The summed E-state index contributed by atoms with van der Waals surface area (Å²) in [7, 11) is 3.38. The third-order valence-corrected chi connectivity index (χ3v) is 2.22. The van der Waals surface area contributed by atoms with E-state index in [0.29, 0.717) is 6.42 Å². The van der Waals surface area contributed by atoms with Crippen LogP contribution in [-0.4, -0.2) is 36.1 Å². The first-order valence-electron chi connectivity index (χ1n) is 5.01. The predicted octanol–water partition coefficient (Wildman–Crippen LogP) is 1.07. The lowest BCUT2D eigenvalue weighted by Gasteiger charge is -2.14. The van der Waals surface area contributed by atoms with Gasteiger partial charge in [-0.1, -0.05) is 30.3 Å². The Hall–Kier alpha value is -1.35. The highest BCUT2D eigenvalue weighted by atomic mass is 16.3. The zero-order valence-corrected chi connectivity index (χ0v) is 9.18. The molecular weight excluding hydrogens is 190 g/mol. The maximum absolute atomic E-state index is 11.3. The molecule has 3 heteroatoms. The lowest BCUT2D eigenvalue weighted by molar-refractivity contribution is -0.130. The van der Waals surface area contributed by atoms with E-state index in [2.05, 4.69) is 0 Å². The average Bonchev–Trinajstić information content (AvgIpc) is 2.18. The number of rotatable bonds is 4. The number of aliphatic hydroxyl groups is 1. The molecule has 1 N–H and O–H groups in total. The van der Waals surface area contributed by atoms with Crippen LogP contribution in [0.25, 0.3) is 0 Å². The minimum atomic E-state index is -0.595. The number of aliphatic hydroxyl groups excluding tert-OH is 1. The fraction of sp³-hybridized carbons (Fsp3) is 0.417. The van der Waals surface area contributed by atoms with E-state index in [1.807, 2.05) is 30.3 Å². The molecule has 15 heavy (non-hydrogen) atoms. The summed E-state index contributed by atoms with van der Waals surface area (Å²) in [5, 5.41) is 9.67. The van der Waals surface area contributed by atoms with Crippen LogP contribution in [0.1, 0.15) is 12.0 Å². The van der Waals surface area contributed by atoms with Crippen LogP contribution in [0.5, 0.6) is 0 Å². The van der Waals surface area contributed by atoms with Gasteiger partial charge in [-0.3, -0.25) is 4.79 Å². The van der Waals surface area contributed by atoms with E-state index in [4.69, 9.17) is 0 Å². The molecule has 0 bridgehead atoms. The minimum Gasteiger partial charge on any atom is -0.392 e. The number of nitrogens with zero attached hydrogens (tertiary/aromatic N) is 1. The first kappa shape index (κ1) is 11.7. The van der Waals surface area contributed by atoms with E-state index >= 15 is 0 Å². The highest BCUT2D eigenvalue weighted by Crippen LogP contribution is 2.06. The van der Waals surface area contributed by atoms with Crippen molar-refractivity contribution in [3.05, 3.63) is 35.9 Å². The molecular formula is C12H17NO2. The summed E-state index contributed by atoms with van der Waals surface area (Å²) >= 11 is 0.